The quantitative estimate of drug-likeness (QED) is 0.231. The normalized spacial score (nSPS) is 13.0. The van der Waals surface area contributed by atoms with Crippen LogP contribution in [0.25, 0.3) is 0 Å². The predicted octanol–water partition coefficient (Wildman–Crippen LogP) is 6.50. The SMILES string of the molecule is Cc1cccc(Cl)c1NC(=O)C(c1ccc(O)cc1)N(C(=O)C(Cc1ccc(O)cc1)NC(=O)OC(C)(C)C)C(C)(C)C. The van der Waals surface area contributed by atoms with Crippen LogP contribution in [-0.2, 0) is 20.7 Å². The van der Waals surface area contributed by atoms with Crippen molar-refractivity contribution < 1.29 is 29.3 Å². The van der Waals surface area contributed by atoms with E-state index in [4.69, 9.17) is 16.3 Å². The Hall–Kier alpha value is -4.24. The van der Waals surface area contributed by atoms with Crippen molar-refractivity contribution in [1.82, 2.24) is 10.2 Å². The van der Waals surface area contributed by atoms with Crippen molar-refractivity contribution in [2.45, 2.75) is 78.1 Å². The molecular weight excluding hydrogens is 570 g/mol. The molecule has 2 unspecified atom stereocenters. The van der Waals surface area contributed by atoms with Gasteiger partial charge in [0, 0.05) is 12.0 Å². The maximum atomic E-state index is 14.6. The molecule has 3 aromatic carbocycles. The highest BCUT2D eigenvalue weighted by molar-refractivity contribution is 6.34. The second kappa shape index (κ2) is 13.4. The van der Waals surface area contributed by atoms with E-state index in [1.54, 1.807) is 77.9 Å². The third-order valence-electron chi connectivity index (χ3n) is 6.51. The van der Waals surface area contributed by atoms with Crippen molar-refractivity contribution in [2.75, 3.05) is 5.32 Å². The minimum Gasteiger partial charge on any atom is -0.508 e. The lowest BCUT2D eigenvalue weighted by molar-refractivity contribution is -0.146. The van der Waals surface area contributed by atoms with Gasteiger partial charge in [-0.2, -0.15) is 0 Å². The topological polar surface area (TPSA) is 128 Å². The minimum absolute atomic E-state index is 0.00436. The van der Waals surface area contributed by atoms with E-state index in [0.717, 1.165) is 5.56 Å². The first kappa shape index (κ1) is 33.3. The lowest BCUT2D eigenvalue weighted by atomic mass is 9.94. The van der Waals surface area contributed by atoms with Crippen LogP contribution in [0.15, 0.2) is 66.7 Å². The van der Waals surface area contributed by atoms with Gasteiger partial charge in [0.05, 0.1) is 10.7 Å². The van der Waals surface area contributed by atoms with Gasteiger partial charge in [-0.3, -0.25) is 9.59 Å². The second-order valence-electron chi connectivity index (χ2n) is 12.4. The van der Waals surface area contributed by atoms with Gasteiger partial charge in [-0.25, -0.2) is 4.79 Å². The van der Waals surface area contributed by atoms with Crippen LogP contribution in [0, 0.1) is 6.92 Å². The van der Waals surface area contributed by atoms with Crippen LogP contribution < -0.4 is 10.6 Å². The summed E-state index contributed by atoms with van der Waals surface area (Å²) in [5, 5.41) is 25.7. The van der Waals surface area contributed by atoms with Crippen molar-refractivity contribution in [2.24, 2.45) is 0 Å². The summed E-state index contributed by atoms with van der Waals surface area (Å²) < 4.78 is 5.47. The highest BCUT2D eigenvalue weighted by Crippen LogP contribution is 2.34. The zero-order valence-electron chi connectivity index (χ0n) is 25.6. The first-order valence-corrected chi connectivity index (χ1v) is 14.3. The van der Waals surface area contributed by atoms with Crippen LogP contribution >= 0.6 is 11.6 Å². The Balaban J connectivity index is 2.13. The summed E-state index contributed by atoms with van der Waals surface area (Å²) in [5.41, 5.74) is 0.487. The van der Waals surface area contributed by atoms with E-state index in [1.807, 2.05) is 13.0 Å². The molecule has 43 heavy (non-hydrogen) atoms. The molecule has 0 heterocycles. The van der Waals surface area contributed by atoms with Crippen LogP contribution in [0.3, 0.4) is 0 Å². The molecule has 10 heteroatoms. The summed E-state index contributed by atoms with van der Waals surface area (Å²) in [7, 11) is 0. The molecule has 0 radical (unpaired) electrons. The summed E-state index contributed by atoms with van der Waals surface area (Å²) in [6, 6.07) is 15.2. The fourth-order valence-electron chi connectivity index (χ4n) is 4.59. The number of aromatic hydroxyl groups is 2. The standard InChI is InChI=1S/C33H40ClN3O6/c1-20-9-8-10-25(34)27(20)36-29(40)28(22-13-17-24(39)18-14-22)37(32(2,3)4)30(41)26(35-31(42)43-33(5,6)7)19-21-11-15-23(38)16-12-21/h8-18,26,28,38-39H,19H2,1-7H3,(H,35,42)(H,36,40). The molecule has 0 aromatic heterocycles. The van der Waals surface area contributed by atoms with Gasteiger partial charge in [0.2, 0.25) is 5.91 Å². The zero-order valence-corrected chi connectivity index (χ0v) is 26.3. The number of aryl methyl sites for hydroxylation is 1. The number of anilines is 1. The van der Waals surface area contributed by atoms with Gasteiger partial charge in [-0.1, -0.05) is 48.0 Å². The number of hydrogen-bond donors (Lipinski definition) is 4. The number of hydrogen-bond acceptors (Lipinski definition) is 6. The summed E-state index contributed by atoms with van der Waals surface area (Å²) in [6.07, 6.45) is -0.741. The monoisotopic (exact) mass is 609 g/mol. The Morgan fingerprint density at radius 3 is 1.95 bits per heavy atom. The molecule has 0 aliphatic rings. The molecule has 0 saturated heterocycles. The number of alkyl carbamates (subject to hydrolysis) is 1. The fraction of sp³-hybridized carbons (Fsp3) is 0.364. The number of nitrogens with one attached hydrogen (secondary N) is 2. The number of phenols is 2. The molecule has 230 valence electrons. The Morgan fingerprint density at radius 2 is 1.44 bits per heavy atom. The van der Waals surface area contributed by atoms with Crippen molar-refractivity contribution in [3.63, 3.8) is 0 Å². The second-order valence-corrected chi connectivity index (χ2v) is 12.8. The van der Waals surface area contributed by atoms with E-state index in [2.05, 4.69) is 10.6 Å². The summed E-state index contributed by atoms with van der Waals surface area (Å²) in [5.74, 6) is -1.03. The first-order valence-electron chi connectivity index (χ1n) is 13.9. The number of halogens is 1. The number of carbonyl (C=O) groups excluding carboxylic acids is 3. The lowest BCUT2D eigenvalue weighted by Crippen LogP contribution is -2.58. The largest absolute Gasteiger partial charge is 0.508 e. The maximum Gasteiger partial charge on any atom is 0.408 e. The third kappa shape index (κ3) is 9.12. The molecule has 3 rings (SSSR count). The van der Waals surface area contributed by atoms with E-state index >= 15 is 0 Å². The van der Waals surface area contributed by atoms with Crippen LogP contribution in [0.5, 0.6) is 11.5 Å². The van der Waals surface area contributed by atoms with Crippen LogP contribution in [0.2, 0.25) is 5.02 Å². The highest BCUT2D eigenvalue weighted by Gasteiger charge is 2.42. The van der Waals surface area contributed by atoms with E-state index in [0.29, 0.717) is 21.8 Å². The molecule has 0 fully saturated rings. The molecule has 0 saturated carbocycles. The average Bonchev–Trinajstić information content (AvgIpc) is 2.88. The number of phenolic OH excluding ortho intramolecular Hbond substituents is 2. The van der Waals surface area contributed by atoms with Crippen molar-refractivity contribution in [1.29, 1.82) is 0 Å². The molecule has 9 nitrogen and oxygen atoms in total. The van der Waals surface area contributed by atoms with Gasteiger partial charge in [0.25, 0.3) is 5.91 Å². The molecule has 0 bridgehead atoms. The summed E-state index contributed by atoms with van der Waals surface area (Å²) >= 11 is 6.43. The van der Waals surface area contributed by atoms with Crippen LogP contribution in [0.1, 0.15) is 64.3 Å². The average molecular weight is 610 g/mol. The highest BCUT2D eigenvalue weighted by atomic mass is 35.5. The molecule has 2 atom stereocenters. The molecule has 4 N–H and O–H groups in total. The fourth-order valence-corrected chi connectivity index (χ4v) is 4.86. The summed E-state index contributed by atoms with van der Waals surface area (Å²) in [6.45, 7) is 12.3. The van der Waals surface area contributed by atoms with E-state index in [1.165, 1.54) is 29.2 Å². The molecular formula is C33H40ClN3O6. The van der Waals surface area contributed by atoms with Crippen molar-refractivity contribution >= 4 is 35.2 Å². The lowest BCUT2D eigenvalue weighted by Gasteiger charge is -2.43. The van der Waals surface area contributed by atoms with Gasteiger partial charge in [0.1, 0.15) is 29.2 Å². The number of benzene rings is 3. The predicted molar refractivity (Wildman–Crippen MR) is 167 cm³/mol. The Kier molecular flexibility index (Phi) is 10.3. The molecule has 0 spiro atoms. The maximum absolute atomic E-state index is 14.6. The van der Waals surface area contributed by atoms with Crippen LogP contribution in [0.4, 0.5) is 10.5 Å². The Bertz CT molecular complexity index is 1420. The number of amides is 3. The van der Waals surface area contributed by atoms with Crippen LogP contribution in [-0.4, -0.2) is 50.2 Å². The van der Waals surface area contributed by atoms with Crippen molar-refractivity contribution in [3.05, 3.63) is 88.4 Å². The molecule has 0 aliphatic carbocycles. The Morgan fingerprint density at radius 1 is 0.884 bits per heavy atom. The summed E-state index contributed by atoms with van der Waals surface area (Å²) in [4.78, 5) is 43.1. The van der Waals surface area contributed by atoms with Gasteiger partial charge in [-0.15, -0.1) is 0 Å². The zero-order chi connectivity index (χ0) is 32.1. The number of carbonyl (C=O) groups is 3. The molecule has 3 aromatic rings. The van der Waals surface area contributed by atoms with Gasteiger partial charge in [0.15, 0.2) is 0 Å². The van der Waals surface area contributed by atoms with Gasteiger partial charge in [-0.05, 0) is 95.5 Å². The van der Waals surface area contributed by atoms with Gasteiger partial charge >= 0.3 is 6.09 Å². The number of ether oxygens (including phenoxy) is 1. The van der Waals surface area contributed by atoms with E-state index in [9.17, 15) is 24.6 Å². The number of para-hydroxylation sites is 1. The first-order chi connectivity index (χ1) is 20.0. The number of nitrogens with zero attached hydrogens (tertiary/aromatic N) is 1. The van der Waals surface area contributed by atoms with E-state index in [-0.39, 0.29) is 17.9 Å². The third-order valence-corrected chi connectivity index (χ3v) is 6.83. The number of rotatable bonds is 8. The minimum atomic E-state index is -1.19. The smallest absolute Gasteiger partial charge is 0.408 e. The molecule has 3 amide bonds. The van der Waals surface area contributed by atoms with E-state index < -0.39 is 41.1 Å². The Labute approximate surface area is 257 Å². The van der Waals surface area contributed by atoms with Crippen molar-refractivity contribution in [3.8, 4) is 11.5 Å². The molecule has 0 aliphatic heterocycles. The van der Waals surface area contributed by atoms with Gasteiger partial charge < -0.3 is 30.5 Å².